The zero-order chi connectivity index (χ0) is 14.7. The third-order valence-corrected chi connectivity index (χ3v) is 3.34. The highest BCUT2D eigenvalue weighted by Crippen LogP contribution is 2.36. The molecule has 0 aromatic heterocycles. The Hall–Kier alpha value is -2.10. The van der Waals surface area contributed by atoms with Gasteiger partial charge in [0.1, 0.15) is 5.75 Å². The number of hydrogen-bond donors (Lipinski definition) is 0. The summed E-state index contributed by atoms with van der Waals surface area (Å²) < 4.78 is 6.09. The minimum atomic E-state index is -0.531. The Balaban J connectivity index is 2.37. The summed E-state index contributed by atoms with van der Waals surface area (Å²) in [7, 11) is 0. The topological polar surface area (TPSA) is 76.2 Å². The fraction of sp³-hybridized carbons (Fsp3) is 0. The fourth-order valence-electron chi connectivity index (χ4n) is 1.46. The van der Waals surface area contributed by atoms with Gasteiger partial charge in [0.05, 0.1) is 32.1 Å². The molecule has 0 bridgehead atoms. The van der Waals surface area contributed by atoms with Gasteiger partial charge in [0, 0.05) is 6.07 Å². The lowest BCUT2D eigenvalue weighted by molar-refractivity contribution is -0.384. The Morgan fingerprint density at radius 3 is 2.60 bits per heavy atom. The zero-order valence-electron chi connectivity index (χ0n) is 9.84. The summed E-state index contributed by atoms with van der Waals surface area (Å²) in [5.41, 5.74) is 0.350. The molecular weight excluding hydrogens is 348 g/mol. The van der Waals surface area contributed by atoms with Crippen LogP contribution < -0.4 is 4.74 Å². The summed E-state index contributed by atoms with van der Waals surface area (Å²) in [6.45, 7) is 0. The fourth-order valence-corrected chi connectivity index (χ4v) is 2.07. The highest BCUT2D eigenvalue weighted by Gasteiger charge is 2.13. The van der Waals surface area contributed by atoms with E-state index < -0.39 is 4.92 Å². The van der Waals surface area contributed by atoms with E-state index in [0.29, 0.717) is 15.8 Å². The molecule has 2 rings (SSSR count). The first-order valence-corrected chi connectivity index (χ1v) is 6.50. The minimum Gasteiger partial charge on any atom is -0.454 e. The summed E-state index contributed by atoms with van der Waals surface area (Å²) in [6.07, 6.45) is 0. The molecule has 0 aliphatic rings. The Morgan fingerprint density at radius 1 is 1.25 bits per heavy atom. The Bertz CT molecular complexity index is 728. The van der Waals surface area contributed by atoms with Gasteiger partial charge in [0.25, 0.3) is 5.69 Å². The lowest BCUT2D eigenvalue weighted by Crippen LogP contribution is -1.91. The van der Waals surface area contributed by atoms with Crippen molar-refractivity contribution in [3.05, 3.63) is 61.6 Å². The Kier molecular flexibility index (Phi) is 4.23. The van der Waals surface area contributed by atoms with Gasteiger partial charge in [-0.25, -0.2) is 0 Å². The molecule has 5 nitrogen and oxygen atoms in total. The van der Waals surface area contributed by atoms with Gasteiger partial charge in [0.15, 0.2) is 5.75 Å². The average Bonchev–Trinajstić information content (AvgIpc) is 2.42. The molecule has 0 atom stereocenters. The standard InChI is InChI=1S/C13H6BrClN2O3/c14-10-5-8(7-16)1-4-12(10)20-13-6-9(17(18)19)2-3-11(13)15/h1-6H. The highest BCUT2D eigenvalue weighted by molar-refractivity contribution is 9.10. The van der Waals surface area contributed by atoms with Crippen LogP contribution in [0.25, 0.3) is 0 Å². The molecule has 0 saturated heterocycles. The number of rotatable bonds is 3. The van der Waals surface area contributed by atoms with E-state index in [0.717, 1.165) is 0 Å². The van der Waals surface area contributed by atoms with E-state index in [2.05, 4.69) is 15.9 Å². The smallest absolute Gasteiger partial charge is 0.273 e. The third kappa shape index (κ3) is 3.07. The van der Waals surface area contributed by atoms with Crippen molar-refractivity contribution in [2.24, 2.45) is 0 Å². The monoisotopic (exact) mass is 352 g/mol. The number of nitriles is 1. The Morgan fingerprint density at radius 2 is 2.00 bits per heavy atom. The third-order valence-electron chi connectivity index (χ3n) is 2.41. The molecule has 0 unspecified atom stereocenters. The molecule has 7 heteroatoms. The second-order valence-electron chi connectivity index (χ2n) is 3.73. The second-order valence-corrected chi connectivity index (χ2v) is 4.99. The lowest BCUT2D eigenvalue weighted by Gasteiger charge is -2.09. The van der Waals surface area contributed by atoms with E-state index in [1.54, 1.807) is 18.2 Å². The van der Waals surface area contributed by atoms with Crippen LogP contribution in [0.4, 0.5) is 5.69 Å². The first kappa shape index (κ1) is 14.3. The van der Waals surface area contributed by atoms with Crippen LogP contribution in [0.5, 0.6) is 11.5 Å². The first-order valence-electron chi connectivity index (χ1n) is 5.32. The second kappa shape index (κ2) is 5.90. The molecule has 2 aromatic carbocycles. The largest absolute Gasteiger partial charge is 0.454 e. The van der Waals surface area contributed by atoms with Crippen LogP contribution in [0.2, 0.25) is 5.02 Å². The van der Waals surface area contributed by atoms with Crippen LogP contribution in [0.1, 0.15) is 5.56 Å². The number of halogens is 2. The van der Waals surface area contributed by atoms with Crippen molar-refractivity contribution in [2.75, 3.05) is 0 Å². The van der Waals surface area contributed by atoms with Crippen molar-refractivity contribution < 1.29 is 9.66 Å². The molecule has 20 heavy (non-hydrogen) atoms. The summed E-state index contributed by atoms with van der Waals surface area (Å²) in [5.74, 6) is 0.581. The summed E-state index contributed by atoms with van der Waals surface area (Å²) in [6, 6.07) is 10.7. The quantitative estimate of drug-likeness (QED) is 0.593. The number of nitro benzene ring substituents is 1. The van der Waals surface area contributed by atoms with Crippen LogP contribution in [0.15, 0.2) is 40.9 Å². The molecule has 0 fully saturated rings. The zero-order valence-corrected chi connectivity index (χ0v) is 12.2. The molecular formula is C13H6BrClN2O3. The maximum absolute atomic E-state index is 10.7. The average molecular weight is 354 g/mol. The summed E-state index contributed by atoms with van der Waals surface area (Å²) >= 11 is 9.21. The maximum Gasteiger partial charge on any atom is 0.273 e. The molecule has 0 radical (unpaired) electrons. The molecule has 0 aliphatic heterocycles. The molecule has 2 aromatic rings. The summed E-state index contributed by atoms with van der Waals surface area (Å²) in [5, 5.41) is 19.8. The minimum absolute atomic E-state index is 0.117. The molecule has 0 aliphatic carbocycles. The van der Waals surface area contributed by atoms with Crippen molar-refractivity contribution in [3.8, 4) is 17.6 Å². The van der Waals surface area contributed by atoms with E-state index in [1.807, 2.05) is 6.07 Å². The van der Waals surface area contributed by atoms with E-state index >= 15 is 0 Å². The molecule has 100 valence electrons. The number of hydrogen-bond acceptors (Lipinski definition) is 4. The first-order chi connectivity index (χ1) is 9.51. The van der Waals surface area contributed by atoms with Crippen molar-refractivity contribution in [3.63, 3.8) is 0 Å². The van der Waals surface area contributed by atoms with E-state index in [-0.39, 0.29) is 16.5 Å². The number of ether oxygens (including phenoxy) is 1. The van der Waals surface area contributed by atoms with Crippen LogP contribution in [-0.4, -0.2) is 4.92 Å². The number of nitrogens with zero attached hydrogens (tertiary/aromatic N) is 2. The van der Waals surface area contributed by atoms with Gasteiger partial charge in [-0.15, -0.1) is 0 Å². The van der Waals surface area contributed by atoms with Gasteiger partial charge in [-0.05, 0) is 40.2 Å². The van der Waals surface area contributed by atoms with E-state index in [1.165, 1.54) is 18.2 Å². The van der Waals surface area contributed by atoms with E-state index in [4.69, 9.17) is 21.6 Å². The predicted octanol–water partition coefficient (Wildman–Crippen LogP) is 4.67. The van der Waals surface area contributed by atoms with Gasteiger partial charge in [-0.2, -0.15) is 5.26 Å². The van der Waals surface area contributed by atoms with Gasteiger partial charge in [0.2, 0.25) is 0 Å². The van der Waals surface area contributed by atoms with Gasteiger partial charge in [-0.1, -0.05) is 11.6 Å². The number of benzene rings is 2. The normalized spacial score (nSPS) is 9.85. The number of non-ortho nitro benzene ring substituents is 1. The summed E-state index contributed by atoms with van der Waals surface area (Å²) in [4.78, 5) is 10.2. The van der Waals surface area contributed by atoms with Crippen molar-refractivity contribution in [2.45, 2.75) is 0 Å². The predicted molar refractivity (Wildman–Crippen MR) is 77.0 cm³/mol. The van der Waals surface area contributed by atoms with Crippen molar-refractivity contribution >= 4 is 33.2 Å². The van der Waals surface area contributed by atoms with Gasteiger partial charge >= 0.3 is 0 Å². The van der Waals surface area contributed by atoms with Crippen LogP contribution in [-0.2, 0) is 0 Å². The SMILES string of the molecule is N#Cc1ccc(Oc2cc([N+](=O)[O-])ccc2Cl)c(Br)c1. The molecule has 0 heterocycles. The number of nitro groups is 1. The van der Waals surface area contributed by atoms with Crippen LogP contribution in [0.3, 0.4) is 0 Å². The molecule has 0 spiro atoms. The van der Waals surface area contributed by atoms with Crippen LogP contribution in [0, 0.1) is 21.4 Å². The van der Waals surface area contributed by atoms with Gasteiger partial charge < -0.3 is 4.74 Å². The van der Waals surface area contributed by atoms with Crippen molar-refractivity contribution in [1.29, 1.82) is 5.26 Å². The van der Waals surface area contributed by atoms with Gasteiger partial charge in [-0.3, -0.25) is 10.1 Å². The molecule has 0 saturated carbocycles. The van der Waals surface area contributed by atoms with E-state index in [9.17, 15) is 10.1 Å². The molecule has 0 N–H and O–H groups in total. The Labute approximate surface area is 127 Å². The highest BCUT2D eigenvalue weighted by atomic mass is 79.9. The molecule has 0 amide bonds. The maximum atomic E-state index is 10.7. The lowest BCUT2D eigenvalue weighted by atomic mass is 10.2. The van der Waals surface area contributed by atoms with Crippen molar-refractivity contribution in [1.82, 2.24) is 0 Å². The van der Waals surface area contributed by atoms with Crippen LogP contribution >= 0.6 is 27.5 Å².